The first-order chi connectivity index (χ1) is 8.22. The molecule has 1 unspecified atom stereocenters. The summed E-state index contributed by atoms with van der Waals surface area (Å²) in [5, 5.41) is 3.59. The van der Waals surface area contributed by atoms with Gasteiger partial charge in [-0.25, -0.2) is 4.39 Å². The van der Waals surface area contributed by atoms with E-state index in [2.05, 4.69) is 5.32 Å². The van der Waals surface area contributed by atoms with Crippen LogP contribution in [0.1, 0.15) is 12.0 Å². The van der Waals surface area contributed by atoms with Crippen LogP contribution in [0.25, 0.3) is 0 Å². The largest absolute Gasteiger partial charge is 0.379 e. The number of halogens is 2. The summed E-state index contributed by atoms with van der Waals surface area (Å²) in [6.07, 6.45) is 1.15. The zero-order chi connectivity index (χ0) is 11.9. The van der Waals surface area contributed by atoms with Gasteiger partial charge in [0.15, 0.2) is 0 Å². The van der Waals surface area contributed by atoms with E-state index < -0.39 is 0 Å². The van der Waals surface area contributed by atoms with Crippen LogP contribution in [-0.2, 0) is 10.2 Å². The second kappa shape index (κ2) is 4.23. The van der Waals surface area contributed by atoms with Gasteiger partial charge in [-0.1, -0.05) is 17.7 Å². The van der Waals surface area contributed by atoms with E-state index in [1.54, 1.807) is 6.07 Å². The van der Waals surface area contributed by atoms with Gasteiger partial charge in [-0.05, 0) is 43.1 Å². The fraction of sp³-hybridized carbons (Fsp3) is 0.538. The summed E-state index contributed by atoms with van der Waals surface area (Å²) in [5.41, 5.74) is 1.16. The third-order valence-corrected chi connectivity index (χ3v) is 4.35. The Kier molecular flexibility index (Phi) is 2.85. The summed E-state index contributed by atoms with van der Waals surface area (Å²) in [6.45, 7) is 3.52. The number of nitrogens with one attached hydrogen (secondary N) is 1. The summed E-state index contributed by atoms with van der Waals surface area (Å²) in [6, 6.07) is 5.07. The Labute approximate surface area is 105 Å². The predicted octanol–water partition coefficient (Wildman–Crippen LogP) is 2.36. The first kappa shape index (κ1) is 11.5. The molecule has 2 saturated heterocycles. The van der Waals surface area contributed by atoms with Crippen LogP contribution in [0.5, 0.6) is 0 Å². The van der Waals surface area contributed by atoms with Gasteiger partial charge < -0.3 is 10.1 Å². The van der Waals surface area contributed by atoms with Gasteiger partial charge in [0.05, 0.1) is 18.2 Å². The summed E-state index contributed by atoms with van der Waals surface area (Å²) in [4.78, 5) is 0. The molecule has 2 aliphatic rings. The summed E-state index contributed by atoms with van der Waals surface area (Å²) < 4.78 is 18.6. The van der Waals surface area contributed by atoms with Crippen LogP contribution in [0.3, 0.4) is 0 Å². The van der Waals surface area contributed by atoms with Gasteiger partial charge in [0.25, 0.3) is 0 Å². The van der Waals surface area contributed by atoms with E-state index in [1.165, 1.54) is 6.07 Å². The van der Waals surface area contributed by atoms with Crippen LogP contribution in [0.15, 0.2) is 18.2 Å². The van der Waals surface area contributed by atoms with Crippen molar-refractivity contribution >= 4 is 11.6 Å². The van der Waals surface area contributed by atoms with Gasteiger partial charge in [-0.15, -0.1) is 0 Å². The van der Waals surface area contributed by atoms with E-state index in [0.717, 1.165) is 38.3 Å². The van der Waals surface area contributed by atoms with E-state index in [4.69, 9.17) is 16.3 Å². The van der Waals surface area contributed by atoms with Crippen molar-refractivity contribution in [3.63, 3.8) is 0 Å². The van der Waals surface area contributed by atoms with Gasteiger partial charge in [0.2, 0.25) is 0 Å². The Bertz CT molecular complexity index is 427. The minimum Gasteiger partial charge on any atom is -0.379 e. The predicted molar refractivity (Wildman–Crippen MR) is 64.9 cm³/mol. The molecule has 2 aliphatic heterocycles. The van der Waals surface area contributed by atoms with Gasteiger partial charge in [0.1, 0.15) is 5.82 Å². The standard InChI is InChI=1S/C13H15ClFNO/c14-11-5-9(1-2-12(11)15)13(7-17-8-13)10-3-4-16-6-10/h1-2,5,10,16H,3-4,6-8H2. The molecule has 1 aromatic rings. The Morgan fingerprint density at radius 1 is 1.41 bits per heavy atom. The molecule has 1 atom stereocenters. The van der Waals surface area contributed by atoms with E-state index in [9.17, 15) is 4.39 Å². The normalized spacial score (nSPS) is 26.8. The molecule has 0 saturated carbocycles. The van der Waals surface area contributed by atoms with Crippen molar-refractivity contribution in [1.29, 1.82) is 0 Å². The molecule has 0 aromatic heterocycles. The van der Waals surface area contributed by atoms with E-state index in [0.29, 0.717) is 5.92 Å². The highest BCUT2D eigenvalue weighted by Gasteiger charge is 2.47. The number of benzene rings is 1. The average Bonchev–Trinajstić information content (AvgIpc) is 2.75. The number of hydrogen-bond donors (Lipinski definition) is 1. The highest BCUT2D eigenvalue weighted by molar-refractivity contribution is 6.30. The molecule has 2 nitrogen and oxygen atoms in total. The Morgan fingerprint density at radius 2 is 2.24 bits per heavy atom. The smallest absolute Gasteiger partial charge is 0.141 e. The fourth-order valence-corrected chi connectivity index (χ4v) is 3.07. The van der Waals surface area contributed by atoms with Crippen molar-refractivity contribution < 1.29 is 9.13 Å². The Morgan fingerprint density at radius 3 is 2.76 bits per heavy atom. The summed E-state index contributed by atoms with van der Waals surface area (Å²) >= 11 is 5.88. The monoisotopic (exact) mass is 255 g/mol. The van der Waals surface area contributed by atoms with Crippen molar-refractivity contribution in [3.8, 4) is 0 Å². The van der Waals surface area contributed by atoms with Crippen LogP contribution >= 0.6 is 11.6 Å². The fourth-order valence-electron chi connectivity index (χ4n) is 2.89. The molecule has 3 rings (SSSR count). The maximum atomic E-state index is 13.2. The molecule has 0 spiro atoms. The first-order valence-corrected chi connectivity index (χ1v) is 6.34. The van der Waals surface area contributed by atoms with Gasteiger partial charge in [-0.3, -0.25) is 0 Å². The highest BCUT2D eigenvalue weighted by Crippen LogP contribution is 2.42. The van der Waals surface area contributed by atoms with E-state index in [1.807, 2.05) is 6.07 Å². The van der Waals surface area contributed by atoms with Crippen LogP contribution in [-0.4, -0.2) is 26.3 Å². The number of rotatable bonds is 2. The second-order valence-electron chi connectivity index (χ2n) is 4.97. The highest BCUT2D eigenvalue weighted by atomic mass is 35.5. The molecular weight excluding hydrogens is 241 g/mol. The average molecular weight is 256 g/mol. The molecule has 0 amide bonds. The van der Waals surface area contributed by atoms with E-state index >= 15 is 0 Å². The lowest BCUT2D eigenvalue weighted by Crippen LogP contribution is -2.53. The first-order valence-electron chi connectivity index (χ1n) is 5.96. The van der Waals surface area contributed by atoms with E-state index in [-0.39, 0.29) is 16.3 Å². The number of ether oxygens (including phenoxy) is 1. The molecule has 4 heteroatoms. The van der Waals surface area contributed by atoms with Crippen molar-refractivity contribution in [3.05, 3.63) is 34.6 Å². The third kappa shape index (κ3) is 1.77. The molecule has 1 N–H and O–H groups in total. The van der Waals surface area contributed by atoms with Crippen LogP contribution < -0.4 is 5.32 Å². The van der Waals surface area contributed by atoms with Crippen molar-refractivity contribution in [2.75, 3.05) is 26.3 Å². The van der Waals surface area contributed by atoms with Crippen LogP contribution in [0, 0.1) is 11.7 Å². The third-order valence-electron chi connectivity index (χ3n) is 4.06. The lowest BCUT2D eigenvalue weighted by atomic mass is 9.68. The summed E-state index contributed by atoms with van der Waals surface area (Å²) in [5.74, 6) is 0.216. The molecular formula is C13H15ClFNO. The van der Waals surface area contributed by atoms with Crippen molar-refractivity contribution in [2.24, 2.45) is 5.92 Å². The van der Waals surface area contributed by atoms with Crippen LogP contribution in [0.4, 0.5) is 4.39 Å². The maximum Gasteiger partial charge on any atom is 0.141 e. The number of hydrogen-bond acceptors (Lipinski definition) is 2. The van der Waals surface area contributed by atoms with Gasteiger partial charge >= 0.3 is 0 Å². The molecule has 17 heavy (non-hydrogen) atoms. The Hall–Kier alpha value is -0.640. The van der Waals surface area contributed by atoms with Gasteiger partial charge in [-0.2, -0.15) is 0 Å². The quantitative estimate of drug-likeness (QED) is 0.876. The van der Waals surface area contributed by atoms with Gasteiger partial charge in [0, 0.05) is 5.41 Å². The second-order valence-corrected chi connectivity index (χ2v) is 5.37. The maximum absolute atomic E-state index is 13.2. The lowest BCUT2D eigenvalue weighted by Gasteiger charge is -2.46. The minimum atomic E-state index is -0.352. The zero-order valence-electron chi connectivity index (χ0n) is 9.51. The molecule has 92 valence electrons. The SMILES string of the molecule is Fc1ccc(C2(C3CCNC3)COC2)cc1Cl. The molecule has 1 aromatic carbocycles. The topological polar surface area (TPSA) is 21.3 Å². The molecule has 0 radical (unpaired) electrons. The summed E-state index contributed by atoms with van der Waals surface area (Å²) in [7, 11) is 0. The minimum absolute atomic E-state index is 0.0425. The van der Waals surface area contributed by atoms with Crippen LogP contribution in [0.2, 0.25) is 5.02 Å². The molecule has 2 heterocycles. The van der Waals surface area contributed by atoms with Crippen molar-refractivity contribution in [2.45, 2.75) is 11.8 Å². The molecule has 0 bridgehead atoms. The van der Waals surface area contributed by atoms with Crippen molar-refractivity contribution in [1.82, 2.24) is 5.32 Å². The molecule has 2 fully saturated rings. The Balaban J connectivity index is 1.96. The molecule has 0 aliphatic carbocycles. The lowest BCUT2D eigenvalue weighted by molar-refractivity contribution is -0.0869. The zero-order valence-corrected chi connectivity index (χ0v) is 10.3.